The molecule has 1 atom stereocenters. The van der Waals surface area contributed by atoms with Crippen molar-refractivity contribution >= 4 is 39.3 Å². The fourth-order valence-corrected chi connectivity index (χ4v) is 2.92. The Bertz CT molecular complexity index is 824. The summed E-state index contributed by atoms with van der Waals surface area (Å²) in [5, 5.41) is 6.21. The van der Waals surface area contributed by atoms with Gasteiger partial charge in [0.1, 0.15) is 5.75 Å². The van der Waals surface area contributed by atoms with Crippen LogP contribution in [0.1, 0.15) is 24.3 Å². The minimum Gasteiger partial charge on any atom is -0.484 e. The summed E-state index contributed by atoms with van der Waals surface area (Å²) in [6.45, 7) is 3.48. The minimum atomic E-state index is -0.587. The molecule has 130 valence electrons. The summed E-state index contributed by atoms with van der Waals surface area (Å²) in [4.78, 5) is 11.9. The molecule has 2 aromatic rings. The normalized spacial score (nSPS) is 16.4. The molecule has 0 radical (unpaired) electrons. The van der Waals surface area contributed by atoms with Gasteiger partial charge in [0.05, 0.1) is 0 Å². The number of carbonyl (C=O) groups excluding carboxylic acids is 1. The summed E-state index contributed by atoms with van der Waals surface area (Å²) >= 11 is 9.34. The highest BCUT2D eigenvalue weighted by atomic mass is 79.9. The third-order valence-corrected chi connectivity index (χ3v) is 4.42. The van der Waals surface area contributed by atoms with E-state index in [4.69, 9.17) is 21.1 Å². The molecule has 1 heterocycles. The van der Waals surface area contributed by atoms with Gasteiger partial charge in [0.15, 0.2) is 6.61 Å². The SMILES string of the molecule is CC(=O)N1N=C(COc2ccc(Cl)cc2C)O[C@@H]1c1ccc(Br)cc1. The maximum Gasteiger partial charge on any atom is 0.247 e. The molecule has 5 nitrogen and oxygen atoms in total. The minimum absolute atomic E-state index is 0.124. The van der Waals surface area contributed by atoms with Crippen LogP contribution in [-0.4, -0.2) is 23.4 Å². The van der Waals surface area contributed by atoms with Crippen molar-refractivity contribution in [1.29, 1.82) is 0 Å². The van der Waals surface area contributed by atoms with Crippen LogP contribution in [0.15, 0.2) is 52.0 Å². The van der Waals surface area contributed by atoms with Gasteiger partial charge in [0.25, 0.3) is 0 Å². The van der Waals surface area contributed by atoms with Crippen molar-refractivity contribution in [2.75, 3.05) is 6.61 Å². The zero-order valence-corrected chi connectivity index (χ0v) is 16.0. The lowest BCUT2D eigenvalue weighted by atomic mass is 10.2. The van der Waals surface area contributed by atoms with E-state index < -0.39 is 6.23 Å². The van der Waals surface area contributed by atoms with Crippen LogP contribution < -0.4 is 4.74 Å². The Balaban J connectivity index is 1.73. The monoisotopic (exact) mass is 422 g/mol. The summed E-state index contributed by atoms with van der Waals surface area (Å²) in [7, 11) is 0. The third-order valence-electron chi connectivity index (χ3n) is 3.65. The van der Waals surface area contributed by atoms with Crippen molar-refractivity contribution in [2.45, 2.75) is 20.1 Å². The third kappa shape index (κ3) is 4.14. The molecule has 1 aliphatic rings. The van der Waals surface area contributed by atoms with Crippen molar-refractivity contribution in [1.82, 2.24) is 5.01 Å². The molecule has 0 aliphatic carbocycles. The van der Waals surface area contributed by atoms with Gasteiger partial charge in [-0.3, -0.25) is 4.79 Å². The van der Waals surface area contributed by atoms with Crippen molar-refractivity contribution in [3.05, 3.63) is 63.1 Å². The first-order valence-corrected chi connectivity index (χ1v) is 8.79. The number of nitrogens with zero attached hydrogens (tertiary/aromatic N) is 2. The highest BCUT2D eigenvalue weighted by Gasteiger charge is 2.32. The second kappa shape index (κ2) is 7.45. The van der Waals surface area contributed by atoms with Crippen molar-refractivity contribution in [2.24, 2.45) is 5.10 Å². The predicted octanol–water partition coefficient (Wildman–Crippen LogP) is 4.68. The number of amides is 1. The first-order valence-electron chi connectivity index (χ1n) is 7.62. The number of halogens is 2. The lowest BCUT2D eigenvalue weighted by Gasteiger charge is -2.19. The van der Waals surface area contributed by atoms with Crippen LogP contribution in [0.25, 0.3) is 0 Å². The molecule has 0 aromatic heterocycles. The molecule has 1 aliphatic heterocycles. The lowest BCUT2D eigenvalue weighted by Crippen LogP contribution is -2.25. The Kier molecular flexibility index (Phi) is 5.30. The maximum atomic E-state index is 11.9. The maximum absolute atomic E-state index is 11.9. The summed E-state index contributed by atoms with van der Waals surface area (Å²) < 4.78 is 12.5. The van der Waals surface area contributed by atoms with Gasteiger partial charge < -0.3 is 9.47 Å². The lowest BCUT2D eigenvalue weighted by molar-refractivity contribution is -0.135. The molecule has 3 rings (SSSR count). The number of hydrazone groups is 1. The molecule has 0 fully saturated rings. The van der Waals surface area contributed by atoms with Crippen LogP contribution in [-0.2, 0) is 9.53 Å². The second-order valence-electron chi connectivity index (χ2n) is 5.58. The van der Waals surface area contributed by atoms with Gasteiger partial charge in [-0.25, -0.2) is 0 Å². The van der Waals surface area contributed by atoms with Gasteiger partial charge in [-0.15, -0.1) is 5.10 Å². The molecule has 0 saturated heterocycles. The van der Waals surface area contributed by atoms with E-state index in [1.807, 2.05) is 37.3 Å². The van der Waals surface area contributed by atoms with E-state index in [2.05, 4.69) is 21.0 Å². The second-order valence-corrected chi connectivity index (χ2v) is 6.93. The zero-order chi connectivity index (χ0) is 18.0. The Hall–Kier alpha value is -2.05. The Morgan fingerprint density at radius 3 is 2.68 bits per heavy atom. The molecule has 0 N–H and O–H groups in total. The van der Waals surface area contributed by atoms with E-state index in [1.54, 1.807) is 12.1 Å². The van der Waals surface area contributed by atoms with Crippen molar-refractivity contribution < 1.29 is 14.3 Å². The molecule has 25 heavy (non-hydrogen) atoms. The van der Waals surface area contributed by atoms with Gasteiger partial charge in [-0.2, -0.15) is 5.01 Å². The quantitative estimate of drug-likeness (QED) is 0.717. The largest absolute Gasteiger partial charge is 0.484 e. The number of rotatable bonds is 4. The van der Waals surface area contributed by atoms with Gasteiger partial charge in [0.2, 0.25) is 18.0 Å². The standard InChI is InChI=1S/C18H16BrClN2O3/c1-11-9-15(20)7-8-16(11)24-10-17-21-22(12(2)23)18(25-17)13-3-5-14(19)6-4-13/h3-9,18H,10H2,1-2H3/t18-/m1/s1. The van der Waals surface area contributed by atoms with Gasteiger partial charge in [0, 0.05) is 22.0 Å². The van der Waals surface area contributed by atoms with Gasteiger partial charge >= 0.3 is 0 Å². The summed E-state index contributed by atoms with van der Waals surface area (Å²) in [5.74, 6) is 0.834. The Morgan fingerprint density at radius 1 is 1.32 bits per heavy atom. The number of benzene rings is 2. The molecule has 0 saturated carbocycles. The smallest absolute Gasteiger partial charge is 0.247 e. The average Bonchev–Trinajstić information content (AvgIpc) is 2.99. The molecule has 1 amide bonds. The number of hydrogen-bond donors (Lipinski definition) is 0. The summed E-state index contributed by atoms with van der Waals surface area (Å²) in [5.41, 5.74) is 1.75. The van der Waals surface area contributed by atoms with E-state index in [-0.39, 0.29) is 12.5 Å². The molecule has 2 aromatic carbocycles. The van der Waals surface area contributed by atoms with Crippen LogP contribution in [0.2, 0.25) is 5.02 Å². The van der Waals surface area contributed by atoms with Crippen LogP contribution in [0.3, 0.4) is 0 Å². The fraction of sp³-hybridized carbons (Fsp3) is 0.222. The molecule has 0 spiro atoms. The molecule has 0 unspecified atom stereocenters. The number of hydrogen-bond acceptors (Lipinski definition) is 4. The molecular weight excluding hydrogens is 408 g/mol. The van der Waals surface area contributed by atoms with Crippen molar-refractivity contribution in [3.8, 4) is 5.75 Å². The first-order chi connectivity index (χ1) is 11.9. The van der Waals surface area contributed by atoms with Crippen LogP contribution >= 0.6 is 27.5 Å². The van der Waals surface area contributed by atoms with E-state index in [0.29, 0.717) is 16.7 Å². The topological polar surface area (TPSA) is 51.1 Å². The van der Waals surface area contributed by atoms with Crippen LogP contribution in [0, 0.1) is 6.92 Å². The molecular formula is C18H16BrClN2O3. The van der Waals surface area contributed by atoms with Crippen LogP contribution in [0.4, 0.5) is 0 Å². The van der Waals surface area contributed by atoms with Gasteiger partial charge in [-0.1, -0.05) is 39.7 Å². The first kappa shape index (κ1) is 17.8. The summed E-state index contributed by atoms with van der Waals surface area (Å²) in [6.07, 6.45) is -0.587. The zero-order valence-electron chi connectivity index (χ0n) is 13.7. The fourth-order valence-electron chi connectivity index (χ4n) is 2.42. The Morgan fingerprint density at radius 2 is 2.04 bits per heavy atom. The Labute approximate surface area is 159 Å². The summed E-state index contributed by atoms with van der Waals surface area (Å²) in [6, 6.07) is 12.9. The highest BCUT2D eigenvalue weighted by molar-refractivity contribution is 9.10. The molecule has 0 bridgehead atoms. The number of carbonyl (C=O) groups is 1. The van der Waals surface area contributed by atoms with E-state index in [0.717, 1.165) is 15.6 Å². The van der Waals surface area contributed by atoms with E-state index in [9.17, 15) is 4.79 Å². The highest BCUT2D eigenvalue weighted by Crippen LogP contribution is 2.30. The van der Waals surface area contributed by atoms with E-state index in [1.165, 1.54) is 11.9 Å². The number of ether oxygens (including phenoxy) is 2. The number of aryl methyl sites for hydroxylation is 1. The van der Waals surface area contributed by atoms with E-state index >= 15 is 0 Å². The van der Waals surface area contributed by atoms with Gasteiger partial charge in [-0.05, 0) is 42.8 Å². The van der Waals surface area contributed by atoms with Crippen LogP contribution in [0.5, 0.6) is 5.75 Å². The molecule has 7 heteroatoms. The predicted molar refractivity (Wildman–Crippen MR) is 99.6 cm³/mol. The average molecular weight is 424 g/mol. The van der Waals surface area contributed by atoms with Crippen molar-refractivity contribution in [3.63, 3.8) is 0 Å².